The molecule has 0 atom stereocenters. The third-order valence-electron chi connectivity index (χ3n) is 4.17. The summed E-state index contributed by atoms with van der Waals surface area (Å²) >= 11 is 9.13. The molecule has 4 aromatic rings. The summed E-state index contributed by atoms with van der Waals surface area (Å²) in [6.45, 7) is 3.18. The minimum Gasteiger partial charge on any atom is -0.383 e. The van der Waals surface area contributed by atoms with Crippen LogP contribution >= 0.6 is 34.7 Å². The average molecular weight is 421 g/mol. The molecule has 3 heterocycles. The molecule has 0 N–H and O–H groups in total. The molecule has 0 radical (unpaired) electrons. The van der Waals surface area contributed by atoms with Crippen molar-refractivity contribution >= 4 is 50.7 Å². The molecule has 9 heteroatoms. The highest BCUT2D eigenvalue weighted by Gasteiger charge is 2.13. The number of aromatic nitrogens is 4. The summed E-state index contributed by atoms with van der Waals surface area (Å²) in [5.41, 5.74) is 3.46. The molecule has 6 nitrogen and oxygen atoms in total. The van der Waals surface area contributed by atoms with Gasteiger partial charge in [0, 0.05) is 41.6 Å². The average Bonchev–Trinajstić information content (AvgIpc) is 3.18. The van der Waals surface area contributed by atoms with Crippen LogP contribution < -0.4 is 5.56 Å². The first-order valence-electron chi connectivity index (χ1n) is 8.31. The van der Waals surface area contributed by atoms with Crippen LogP contribution in [0.1, 0.15) is 11.4 Å². The number of benzene rings is 1. The SMILES string of the molecule is COCCn1c(SCc2cc(=O)n3c(C)csc3n2)nc2cc(Cl)ccc21. The number of hydrogen-bond acceptors (Lipinski definition) is 6. The van der Waals surface area contributed by atoms with E-state index in [1.54, 1.807) is 29.3 Å². The number of nitrogens with zero attached hydrogens (tertiary/aromatic N) is 4. The van der Waals surface area contributed by atoms with Gasteiger partial charge in [-0.25, -0.2) is 9.97 Å². The van der Waals surface area contributed by atoms with Gasteiger partial charge in [0.25, 0.3) is 5.56 Å². The number of aryl methyl sites for hydroxylation is 1. The first kappa shape index (κ1) is 18.5. The standard InChI is InChI=1S/C18H17ClN4O2S2/c1-11-9-26-18-20-13(8-16(24)23(11)18)10-27-17-21-14-7-12(19)3-4-15(14)22(17)5-6-25-2/h3-4,7-9H,5-6,10H2,1-2H3. The second-order valence-corrected chi connectivity index (χ2v) is 8.26. The van der Waals surface area contributed by atoms with Crippen molar-refractivity contribution in [1.82, 2.24) is 18.9 Å². The van der Waals surface area contributed by atoms with Crippen LogP contribution in [0.5, 0.6) is 0 Å². The molecule has 27 heavy (non-hydrogen) atoms. The Morgan fingerprint density at radius 2 is 2.15 bits per heavy atom. The van der Waals surface area contributed by atoms with E-state index < -0.39 is 0 Å². The third-order valence-corrected chi connectivity index (χ3v) is 6.36. The smallest absolute Gasteiger partial charge is 0.258 e. The maximum absolute atomic E-state index is 12.3. The van der Waals surface area contributed by atoms with E-state index in [9.17, 15) is 4.79 Å². The van der Waals surface area contributed by atoms with Gasteiger partial charge in [0.1, 0.15) is 0 Å². The molecule has 0 aliphatic rings. The van der Waals surface area contributed by atoms with Gasteiger partial charge < -0.3 is 9.30 Å². The zero-order chi connectivity index (χ0) is 19.0. The first-order chi connectivity index (χ1) is 13.1. The van der Waals surface area contributed by atoms with Gasteiger partial charge in [0.05, 0.1) is 23.3 Å². The van der Waals surface area contributed by atoms with Crippen molar-refractivity contribution in [2.24, 2.45) is 0 Å². The minimum atomic E-state index is -0.0472. The Morgan fingerprint density at radius 3 is 2.96 bits per heavy atom. The van der Waals surface area contributed by atoms with Crippen molar-refractivity contribution < 1.29 is 4.74 Å². The molecular weight excluding hydrogens is 404 g/mol. The number of hydrogen-bond donors (Lipinski definition) is 0. The molecule has 0 bridgehead atoms. The maximum Gasteiger partial charge on any atom is 0.258 e. The Hall–Kier alpha value is -1.87. The molecular formula is C18H17ClN4O2S2. The summed E-state index contributed by atoms with van der Waals surface area (Å²) in [4.78, 5) is 22.4. The van der Waals surface area contributed by atoms with E-state index in [2.05, 4.69) is 9.55 Å². The second-order valence-electron chi connectivity index (χ2n) is 6.04. The topological polar surface area (TPSA) is 61.4 Å². The number of thioether (sulfide) groups is 1. The molecule has 0 unspecified atom stereocenters. The van der Waals surface area contributed by atoms with E-state index in [1.165, 1.54) is 11.3 Å². The highest BCUT2D eigenvalue weighted by molar-refractivity contribution is 7.98. The summed E-state index contributed by atoms with van der Waals surface area (Å²) < 4.78 is 8.98. The number of rotatable bonds is 6. The lowest BCUT2D eigenvalue weighted by molar-refractivity contribution is 0.186. The fraction of sp³-hybridized carbons (Fsp3) is 0.278. The molecule has 4 rings (SSSR count). The highest BCUT2D eigenvalue weighted by Crippen LogP contribution is 2.28. The van der Waals surface area contributed by atoms with Crippen LogP contribution in [0.2, 0.25) is 5.02 Å². The highest BCUT2D eigenvalue weighted by atomic mass is 35.5. The van der Waals surface area contributed by atoms with Crippen molar-refractivity contribution in [3.05, 3.63) is 56.4 Å². The van der Waals surface area contributed by atoms with Gasteiger partial charge in [-0.1, -0.05) is 23.4 Å². The van der Waals surface area contributed by atoms with Gasteiger partial charge in [0.2, 0.25) is 0 Å². The van der Waals surface area contributed by atoms with Crippen LogP contribution in [0.4, 0.5) is 0 Å². The van der Waals surface area contributed by atoms with Gasteiger partial charge in [-0.05, 0) is 25.1 Å². The predicted octanol–water partition coefficient (Wildman–Crippen LogP) is 4.01. The number of ether oxygens (including phenoxy) is 1. The zero-order valence-corrected chi connectivity index (χ0v) is 17.2. The Kier molecular flexibility index (Phi) is 5.23. The molecule has 0 fully saturated rings. The van der Waals surface area contributed by atoms with Gasteiger partial charge in [-0.3, -0.25) is 9.20 Å². The van der Waals surface area contributed by atoms with E-state index >= 15 is 0 Å². The quantitative estimate of drug-likeness (QED) is 0.441. The molecule has 0 spiro atoms. The Labute approximate surface area is 168 Å². The van der Waals surface area contributed by atoms with Crippen molar-refractivity contribution in [2.75, 3.05) is 13.7 Å². The van der Waals surface area contributed by atoms with Crippen LogP contribution in [0.25, 0.3) is 16.0 Å². The lowest BCUT2D eigenvalue weighted by Gasteiger charge is -2.08. The molecule has 0 saturated carbocycles. The van der Waals surface area contributed by atoms with Gasteiger partial charge in [-0.2, -0.15) is 0 Å². The summed E-state index contributed by atoms with van der Waals surface area (Å²) in [6.07, 6.45) is 0. The molecule has 0 aliphatic heterocycles. The fourth-order valence-corrected chi connectivity index (χ4v) is 4.89. The molecule has 3 aromatic heterocycles. The van der Waals surface area contributed by atoms with Crippen molar-refractivity contribution in [2.45, 2.75) is 24.4 Å². The number of imidazole rings is 1. The van der Waals surface area contributed by atoms with Crippen LogP contribution in [0, 0.1) is 6.92 Å². The van der Waals surface area contributed by atoms with Gasteiger partial charge in [0.15, 0.2) is 10.1 Å². The maximum atomic E-state index is 12.3. The molecule has 0 saturated heterocycles. The number of fused-ring (bicyclic) bond motifs is 2. The van der Waals surface area contributed by atoms with Crippen LogP contribution in [0.15, 0.2) is 39.6 Å². The molecule has 0 amide bonds. The van der Waals surface area contributed by atoms with Crippen LogP contribution in [-0.4, -0.2) is 32.7 Å². The molecule has 1 aromatic carbocycles. The first-order valence-corrected chi connectivity index (χ1v) is 10.6. The number of halogens is 1. The second kappa shape index (κ2) is 7.63. The third kappa shape index (κ3) is 3.62. The zero-order valence-electron chi connectivity index (χ0n) is 14.8. The van der Waals surface area contributed by atoms with Crippen molar-refractivity contribution in [3.8, 4) is 0 Å². The van der Waals surface area contributed by atoms with E-state index in [-0.39, 0.29) is 5.56 Å². The van der Waals surface area contributed by atoms with Crippen LogP contribution in [0.3, 0.4) is 0 Å². The summed E-state index contributed by atoms with van der Waals surface area (Å²) in [5, 5.41) is 3.45. The van der Waals surface area contributed by atoms with Gasteiger partial charge in [-0.15, -0.1) is 11.3 Å². The largest absolute Gasteiger partial charge is 0.383 e. The Balaban J connectivity index is 1.66. The molecule has 0 aliphatic carbocycles. The predicted molar refractivity (Wildman–Crippen MR) is 110 cm³/mol. The Morgan fingerprint density at radius 1 is 1.30 bits per heavy atom. The lowest BCUT2D eigenvalue weighted by Crippen LogP contribution is -2.14. The van der Waals surface area contributed by atoms with Crippen molar-refractivity contribution in [3.63, 3.8) is 0 Å². The molecule has 140 valence electrons. The normalized spacial score (nSPS) is 11.7. The summed E-state index contributed by atoms with van der Waals surface area (Å²) in [6, 6.07) is 7.28. The van der Waals surface area contributed by atoms with E-state index in [4.69, 9.17) is 21.3 Å². The van der Waals surface area contributed by atoms with E-state index in [0.29, 0.717) is 23.9 Å². The minimum absolute atomic E-state index is 0.0472. The lowest BCUT2D eigenvalue weighted by atomic mass is 10.3. The van der Waals surface area contributed by atoms with E-state index in [0.717, 1.165) is 32.5 Å². The van der Waals surface area contributed by atoms with Crippen LogP contribution in [-0.2, 0) is 17.0 Å². The summed E-state index contributed by atoms with van der Waals surface area (Å²) in [7, 11) is 1.68. The summed E-state index contributed by atoms with van der Waals surface area (Å²) in [5.74, 6) is 0.562. The number of methoxy groups -OCH3 is 1. The fourth-order valence-electron chi connectivity index (χ4n) is 2.90. The van der Waals surface area contributed by atoms with Gasteiger partial charge >= 0.3 is 0 Å². The van der Waals surface area contributed by atoms with E-state index in [1.807, 2.05) is 30.5 Å². The number of thiazole rings is 1. The monoisotopic (exact) mass is 420 g/mol. The Bertz CT molecular complexity index is 1180. The van der Waals surface area contributed by atoms with Crippen molar-refractivity contribution in [1.29, 1.82) is 0 Å².